The van der Waals surface area contributed by atoms with Crippen LogP contribution in [0.1, 0.15) is 44.1 Å². The van der Waals surface area contributed by atoms with E-state index in [1.807, 2.05) is 36.1 Å². The molecule has 2 aromatic rings. The molecule has 1 heterocycles. The molecule has 4 bridgehead atoms. The molecule has 0 radical (unpaired) electrons. The first-order valence-electron chi connectivity index (χ1n) is 9.53. The molecule has 27 heavy (non-hydrogen) atoms. The van der Waals surface area contributed by atoms with Gasteiger partial charge in [0.2, 0.25) is 10.6 Å². The minimum absolute atomic E-state index is 0.0795. The fourth-order valence-electron chi connectivity index (χ4n) is 6.20. The lowest BCUT2D eigenvalue weighted by Gasteiger charge is -2.60. The molecule has 142 valence electrons. The van der Waals surface area contributed by atoms with Crippen LogP contribution < -0.4 is 5.32 Å². The summed E-state index contributed by atoms with van der Waals surface area (Å²) in [6, 6.07) is 5.65. The van der Waals surface area contributed by atoms with Crippen molar-refractivity contribution in [3.63, 3.8) is 0 Å². The molecule has 0 spiro atoms. The Morgan fingerprint density at radius 3 is 2.70 bits per heavy atom. The number of aryl methyl sites for hydroxylation is 1. The van der Waals surface area contributed by atoms with E-state index in [2.05, 4.69) is 31.3 Å². The molecule has 1 aromatic heterocycles. The molecule has 4 aliphatic carbocycles. The van der Waals surface area contributed by atoms with Crippen LogP contribution in [-0.4, -0.2) is 20.7 Å². The summed E-state index contributed by atoms with van der Waals surface area (Å²) in [6.45, 7) is 2.00. The first-order valence-corrected chi connectivity index (χ1v) is 10.7. The van der Waals surface area contributed by atoms with Gasteiger partial charge in [0.05, 0.1) is 11.0 Å². The maximum absolute atomic E-state index is 13.5. The Morgan fingerprint density at radius 2 is 2.04 bits per heavy atom. The van der Waals surface area contributed by atoms with Crippen molar-refractivity contribution in [1.82, 2.24) is 14.8 Å². The van der Waals surface area contributed by atoms with Gasteiger partial charge < -0.3 is 5.32 Å². The van der Waals surface area contributed by atoms with Gasteiger partial charge in [-0.2, -0.15) is 0 Å². The fraction of sp³-hybridized carbons (Fsp3) is 0.550. The highest BCUT2D eigenvalue weighted by atomic mass is 79.9. The molecule has 7 heteroatoms. The molecule has 5 nitrogen and oxygen atoms in total. The van der Waals surface area contributed by atoms with E-state index < -0.39 is 0 Å². The van der Waals surface area contributed by atoms with Crippen LogP contribution in [0.5, 0.6) is 0 Å². The summed E-state index contributed by atoms with van der Waals surface area (Å²) in [5.41, 5.74) is 1.45. The Balaban J connectivity index is 1.48. The van der Waals surface area contributed by atoms with Crippen LogP contribution in [0.3, 0.4) is 0 Å². The molecule has 0 unspecified atom stereocenters. The van der Waals surface area contributed by atoms with Crippen molar-refractivity contribution < 1.29 is 4.79 Å². The van der Waals surface area contributed by atoms with E-state index in [-0.39, 0.29) is 16.9 Å². The minimum Gasteiger partial charge on any atom is -0.325 e. The topological polar surface area (TPSA) is 59.8 Å². The maximum Gasteiger partial charge on any atom is 0.230 e. The summed E-state index contributed by atoms with van der Waals surface area (Å²) in [5, 5.41) is 8.42. The van der Waals surface area contributed by atoms with Crippen molar-refractivity contribution >= 4 is 39.1 Å². The molecule has 2 atom stereocenters. The summed E-state index contributed by atoms with van der Waals surface area (Å²) in [4.78, 5) is 17.8. The van der Waals surface area contributed by atoms with Crippen LogP contribution in [0.15, 0.2) is 29.3 Å². The van der Waals surface area contributed by atoms with Gasteiger partial charge in [0.25, 0.3) is 0 Å². The van der Waals surface area contributed by atoms with E-state index >= 15 is 0 Å². The van der Waals surface area contributed by atoms with Crippen molar-refractivity contribution in [2.75, 3.05) is 5.32 Å². The Labute approximate surface area is 172 Å². The van der Waals surface area contributed by atoms with Gasteiger partial charge in [-0.25, -0.2) is 9.67 Å². The summed E-state index contributed by atoms with van der Waals surface area (Å²) in [7, 11) is 0. The van der Waals surface area contributed by atoms with Crippen molar-refractivity contribution in [3.8, 4) is 0 Å². The molecule has 6 rings (SSSR count). The molecular formula is C20H22BrClN4O. The summed E-state index contributed by atoms with van der Waals surface area (Å²) < 4.78 is 2.65. The molecule has 0 saturated heterocycles. The van der Waals surface area contributed by atoms with Gasteiger partial charge in [-0.3, -0.25) is 4.79 Å². The smallest absolute Gasteiger partial charge is 0.230 e. The largest absolute Gasteiger partial charge is 0.325 e. The zero-order valence-electron chi connectivity index (χ0n) is 15.2. The number of hydrogen-bond acceptors (Lipinski definition) is 3. The van der Waals surface area contributed by atoms with E-state index in [1.54, 1.807) is 0 Å². The van der Waals surface area contributed by atoms with E-state index in [1.165, 1.54) is 6.42 Å². The van der Waals surface area contributed by atoms with Gasteiger partial charge in [0.15, 0.2) is 0 Å². The molecule has 1 aromatic carbocycles. The Bertz CT molecular complexity index is 912. The van der Waals surface area contributed by atoms with Crippen molar-refractivity contribution in [3.05, 3.63) is 39.8 Å². The number of halogens is 2. The van der Waals surface area contributed by atoms with Crippen LogP contribution in [0, 0.1) is 24.2 Å². The number of nitrogens with one attached hydrogen (secondary N) is 1. The van der Waals surface area contributed by atoms with Crippen LogP contribution >= 0.6 is 27.5 Å². The molecule has 1 amide bonds. The highest BCUT2D eigenvalue weighted by Crippen LogP contribution is 2.64. The van der Waals surface area contributed by atoms with Gasteiger partial charge in [-0.15, -0.1) is 5.10 Å². The fourth-order valence-corrected chi connectivity index (χ4v) is 6.64. The number of aromatic nitrogens is 3. The van der Waals surface area contributed by atoms with Gasteiger partial charge in [-0.05, 0) is 90.9 Å². The third-order valence-corrected chi connectivity index (χ3v) is 7.51. The first kappa shape index (κ1) is 17.7. The average molecular weight is 450 g/mol. The van der Waals surface area contributed by atoms with Crippen LogP contribution in [0.4, 0.5) is 5.69 Å². The number of hydrogen-bond donors (Lipinski definition) is 1. The maximum atomic E-state index is 13.5. The number of benzene rings is 1. The van der Waals surface area contributed by atoms with Gasteiger partial charge in [-0.1, -0.05) is 17.7 Å². The summed E-state index contributed by atoms with van der Waals surface area (Å²) >= 11 is 9.53. The third-order valence-electron chi connectivity index (χ3n) is 6.91. The number of anilines is 1. The number of amides is 1. The number of carbonyl (C=O) groups is 1. The Hall–Kier alpha value is -1.40. The second-order valence-corrected chi connectivity index (χ2v) is 9.98. The second-order valence-electron chi connectivity index (χ2n) is 8.84. The number of carbonyl (C=O) groups excluding carboxylic acids is 1. The standard InChI is InChI=1S/C20H22BrClN4O/c1-12-2-3-15(22)5-16(12)24-17(27)19-6-13-4-14(7-19)9-20(8-13,10-19)26-11-23-18(21)25-26/h2-3,5,11,13-14H,4,6-10H2,1H3,(H,24,27)/t13-,14-,19?,20?/m1/s1. The first-order chi connectivity index (χ1) is 12.9. The third kappa shape index (κ3) is 2.83. The van der Waals surface area contributed by atoms with Gasteiger partial charge >= 0.3 is 0 Å². The number of rotatable bonds is 3. The predicted octanol–water partition coefficient (Wildman–Crippen LogP) is 4.94. The average Bonchev–Trinajstić information content (AvgIpc) is 3.04. The SMILES string of the molecule is Cc1ccc(Cl)cc1NC(=O)C12C[C@H]3C[C@H](C1)CC(n1cnc(Br)n1)(C3)C2. The Morgan fingerprint density at radius 1 is 1.30 bits per heavy atom. The molecule has 4 saturated carbocycles. The Kier molecular flexibility index (Phi) is 3.96. The lowest BCUT2D eigenvalue weighted by atomic mass is 9.46. The highest BCUT2D eigenvalue weighted by Gasteiger charge is 2.61. The normalized spacial score (nSPS) is 34.0. The molecule has 1 N–H and O–H groups in total. The minimum atomic E-state index is -0.322. The quantitative estimate of drug-likeness (QED) is 0.722. The summed E-state index contributed by atoms with van der Waals surface area (Å²) in [6.07, 6.45) is 8.06. The lowest BCUT2D eigenvalue weighted by molar-refractivity contribution is -0.150. The van der Waals surface area contributed by atoms with E-state index in [0.717, 1.165) is 43.4 Å². The van der Waals surface area contributed by atoms with Crippen molar-refractivity contribution in [2.45, 2.75) is 51.0 Å². The molecule has 4 aliphatic rings. The van der Waals surface area contributed by atoms with E-state index in [9.17, 15) is 4.79 Å². The monoisotopic (exact) mass is 448 g/mol. The van der Waals surface area contributed by atoms with Crippen molar-refractivity contribution in [2.24, 2.45) is 17.3 Å². The van der Waals surface area contributed by atoms with E-state index in [4.69, 9.17) is 11.6 Å². The van der Waals surface area contributed by atoms with Gasteiger partial charge in [0.1, 0.15) is 6.33 Å². The van der Waals surface area contributed by atoms with E-state index in [0.29, 0.717) is 21.6 Å². The number of nitrogens with zero attached hydrogens (tertiary/aromatic N) is 3. The van der Waals surface area contributed by atoms with Crippen LogP contribution in [0.25, 0.3) is 0 Å². The van der Waals surface area contributed by atoms with Crippen LogP contribution in [-0.2, 0) is 10.3 Å². The van der Waals surface area contributed by atoms with Crippen molar-refractivity contribution in [1.29, 1.82) is 0 Å². The lowest BCUT2D eigenvalue weighted by Crippen LogP contribution is -2.60. The summed E-state index contributed by atoms with van der Waals surface area (Å²) in [5.74, 6) is 1.31. The second kappa shape index (κ2) is 6.05. The predicted molar refractivity (Wildman–Crippen MR) is 108 cm³/mol. The molecule has 4 fully saturated rings. The molecule has 0 aliphatic heterocycles. The highest BCUT2D eigenvalue weighted by molar-refractivity contribution is 9.10. The van der Waals surface area contributed by atoms with Gasteiger partial charge in [0, 0.05) is 10.7 Å². The zero-order valence-corrected chi connectivity index (χ0v) is 17.6. The molecular weight excluding hydrogens is 428 g/mol. The van der Waals surface area contributed by atoms with Crippen LogP contribution in [0.2, 0.25) is 5.02 Å². The zero-order chi connectivity index (χ0) is 18.8.